The first kappa shape index (κ1) is 25.1. The third-order valence-corrected chi connectivity index (χ3v) is 5.52. The Morgan fingerprint density at radius 2 is 1.69 bits per heavy atom. The zero-order chi connectivity index (χ0) is 26.3. The Balaban J connectivity index is 1.69. The molecule has 1 aromatic heterocycles. The molecule has 0 radical (unpaired) electrons. The van der Waals surface area contributed by atoms with E-state index in [1.54, 1.807) is 0 Å². The smallest absolute Gasteiger partial charge is 0.302 e. The molecule has 2 aromatic carbocycles. The van der Waals surface area contributed by atoms with Gasteiger partial charge in [-0.05, 0) is 18.2 Å². The number of phenols is 3. The summed E-state index contributed by atoms with van der Waals surface area (Å²) in [6.45, 7) is 0.670. The van der Waals surface area contributed by atoms with Crippen molar-refractivity contribution in [3.8, 4) is 40.1 Å². The van der Waals surface area contributed by atoms with Crippen molar-refractivity contribution in [1.82, 2.24) is 0 Å². The summed E-state index contributed by atoms with van der Waals surface area (Å²) in [5.74, 6) is -3.76. The zero-order valence-electron chi connectivity index (χ0n) is 18.6. The van der Waals surface area contributed by atoms with Gasteiger partial charge in [0.25, 0.3) is 0 Å². The monoisotopic (exact) mass is 506 g/mol. The minimum absolute atomic E-state index is 0.00415. The average molecular weight is 506 g/mol. The molecule has 5 atom stereocenters. The van der Waals surface area contributed by atoms with Crippen LogP contribution in [0.5, 0.6) is 28.7 Å². The van der Waals surface area contributed by atoms with Crippen LogP contribution in [0.2, 0.25) is 0 Å². The van der Waals surface area contributed by atoms with E-state index in [9.17, 15) is 45.3 Å². The molecule has 4 rings (SSSR count). The molecule has 0 saturated carbocycles. The molecule has 13 heteroatoms. The number of aliphatic hydroxyl groups is 3. The van der Waals surface area contributed by atoms with Crippen LogP contribution in [0.4, 0.5) is 0 Å². The van der Waals surface area contributed by atoms with E-state index in [1.165, 1.54) is 6.07 Å². The van der Waals surface area contributed by atoms with Crippen molar-refractivity contribution < 1.29 is 59.2 Å². The molecule has 1 fully saturated rings. The molecule has 2 heterocycles. The summed E-state index contributed by atoms with van der Waals surface area (Å²) in [4.78, 5) is 23.7. The standard InChI is InChI=1S/C23H22O13/c1-8(24)33-7-15-17(28)19(30)21(32)23(36-15)35-13-4-9(2-3-11(13)26)22-20(31)18(29)16-12(27)5-10(25)6-14(16)34-22/h2-6,15,17,19,21,23,25-28,30-32H,7H2,1H3. The number of esters is 1. The van der Waals surface area contributed by atoms with E-state index in [0.29, 0.717) is 0 Å². The molecular formula is C23H22O13. The summed E-state index contributed by atoms with van der Waals surface area (Å²) in [6, 6.07) is 5.45. The number of rotatable bonds is 5. The van der Waals surface area contributed by atoms with Crippen LogP contribution < -0.4 is 10.2 Å². The molecule has 36 heavy (non-hydrogen) atoms. The van der Waals surface area contributed by atoms with Gasteiger partial charge in [0.05, 0.1) is 0 Å². The zero-order valence-corrected chi connectivity index (χ0v) is 18.6. The van der Waals surface area contributed by atoms with E-state index in [-0.39, 0.29) is 22.3 Å². The van der Waals surface area contributed by atoms with Gasteiger partial charge >= 0.3 is 5.97 Å². The highest BCUT2D eigenvalue weighted by atomic mass is 16.7. The molecule has 7 N–H and O–H groups in total. The van der Waals surface area contributed by atoms with Gasteiger partial charge in [-0.1, -0.05) is 0 Å². The molecule has 1 saturated heterocycles. The van der Waals surface area contributed by atoms with Crippen LogP contribution in [0.1, 0.15) is 6.92 Å². The molecule has 0 amide bonds. The molecule has 13 nitrogen and oxygen atoms in total. The van der Waals surface area contributed by atoms with Crippen molar-refractivity contribution in [3.05, 3.63) is 40.6 Å². The highest BCUT2D eigenvalue weighted by Crippen LogP contribution is 2.39. The lowest BCUT2D eigenvalue weighted by atomic mass is 9.99. The van der Waals surface area contributed by atoms with Crippen molar-refractivity contribution in [2.45, 2.75) is 37.6 Å². The number of ether oxygens (including phenoxy) is 3. The number of aliphatic hydroxyl groups excluding tert-OH is 3. The quantitative estimate of drug-likeness (QED) is 0.228. The second-order valence-corrected chi connectivity index (χ2v) is 8.06. The highest BCUT2D eigenvalue weighted by Gasteiger charge is 2.45. The van der Waals surface area contributed by atoms with E-state index in [2.05, 4.69) is 0 Å². The van der Waals surface area contributed by atoms with Crippen LogP contribution in [0.15, 0.2) is 39.5 Å². The number of benzene rings is 2. The highest BCUT2D eigenvalue weighted by molar-refractivity contribution is 5.88. The summed E-state index contributed by atoms with van der Waals surface area (Å²) < 4.78 is 21.2. The predicted molar refractivity (Wildman–Crippen MR) is 119 cm³/mol. The van der Waals surface area contributed by atoms with Crippen LogP contribution >= 0.6 is 0 Å². The van der Waals surface area contributed by atoms with Crippen molar-refractivity contribution in [1.29, 1.82) is 0 Å². The van der Waals surface area contributed by atoms with Gasteiger partial charge in [-0.25, -0.2) is 0 Å². The van der Waals surface area contributed by atoms with E-state index in [4.69, 9.17) is 18.6 Å². The fourth-order valence-electron chi connectivity index (χ4n) is 3.70. The van der Waals surface area contributed by atoms with Gasteiger partial charge in [-0.2, -0.15) is 0 Å². The summed E-state index contributed by atoms with van der Waals surface area (Å²) >= 11 is 0. The van der Waals surface area contributed by atoms with Crippen LogP contribution in [-0.2, 0) is 14.3 Å². The fraction of sp³-hybridized carbons (Fsp3) is 0.304. The second kappa shape index (κ2) is 9.54. The Kier molecular flexibility index (Phi) is 6.65. The number of aromatic hydroxyl groups is 4. The van der Waals surface area contributed by atoms with Crippen molar-refractivity contribution in [3.63, 3.8) is 0 Å². The number of phenolic OH excluding ortho intramolecular Hbond substituents is 3. The lowest BCUT2D eigenvalue weighted by molar-refractivity contribution is -0.278. The number of hydrogen-bond donors (Lipinski definition) is 7. The third kappa shape index (κ3) is 4.59. The predicted octanol–water partition coefficient (Wildman–Crippen LogP) is 0.0319. The van der Waals surface area contributed by atoms with Crippen LogP contribution in [0.25, 0.3) is 22.3 Å². The first-order chi connectivity index (χ1) is 17.0. The average Bonchev–Trinajstić information content (AvgIpc) is 2.81. The van der Waals surface area contributed by atoms with Gasteiger partial charge in [0.1, 0.15) is 53.5 Å². The molecule has 1 aliphatic heterocycles. The van der Waals surface area contributed by atoms with Crippen molar-refractivity contribution >= 4 is 16.9 Å². The van der Waals surface area contributed by atoms with E-state index in [0.717, 1.165) is 31.2 Å². The van der Waals surface area contributed by atoms with Gasteiger partial charge in [0.15, 0.2) is 17.3 Å². The third-order valence-electron chi connectivity index (χ3n) is 5.52. The minimum atomic E-state index is -1.78. The van der Waals surface area contributed by atoms with E-state index in [1.807, 2.05) is 0 Å². The van der Waals surface area contributed by atoms with Crippen LogP contribution in [0, 0.1) is 0 Å². The van der Waals surface area contributed by atoms with Crippen LogP contribution in [0.3, 0.4) is 0 Å². The Morgan fingerprint density at radius 3 is 2.39 bits per heavy atom. The molecule has 3 aromatic rings. The molecule has 192 valence electrons. The number of carbonyl (C=O) groups is 1. The van der Waals surface area contributed by atoms with Crippen molar-refractivity contribution in [2.75, 3.05) is 6.61 Å². The molecule has 0 spiro atoms. The van der Waals surface area contributed by atoms with Gasteiger partial charge in [-0.15, -0.1) is 0 Å². The number of carbonyl (C=O) groups excluding carboxylic acids is 1. The maximum atomic E-state index is 12.6. The maximum Gasteiger partial charge on any atom is 0.302 e. The molecule has 1 aliphatic rings. The molecule has 0 aliphatic carbocycles. The normalized spacial score (nSPS) is 23.9. The second-order valence-electron chi connectivity index (χ2n) is 8.06. The Labute approximate surface area is 201 Å². The summed E-state index contributed by atoms with van der Waals surface area (Å²) in [5.41, 5.74) is -1.22. The van der Waals surface area contributed by atoms with E-state index >= 15 is 0 Å². The summed E-state index contributed by atoms with van der Waals surface area (Å²) in [7, 11) is 0. The number of hydrogen-bond acceptors (Lipinski definition) is 13. The van der Waals surface area contributed by atoms with Gasteiger partial charge < -0.3 is 54.4 Å². The lowest BCUT2D eigenvalue weighted by Gasteiger charge is -2.39. The van der Waals surface area contributed by atoms with Crippen molar-refractivity contribution in [2.24, 2.45) is 0 Å². The maximum absolute atomic E-state index is 12.6. The Morgan fingerprint density at radius 1 is 0.972 bits per heavy atom. The first-order valence-corrected chi connectivity index (χ1v) is 10.5. The van der Waals surface area contributed by atoms with Gasteiger partial charge in [0.2, 0.25) is 17.5 Å². The summed E-state index contributed by atoms with van der Waals surface area (Å²) in [6.07, 6.45) is -8.07. The number of fused-ring (bicyclic) bond motifs is 1. The van der Waals surface area contributed by atoms with Gasteiger partial charge in [-0.3, -0.25) is 9.59 Å². The minimum Gasteiger partial charge on any atom is -0.508 e. The SMILES string of the molecule is CC(=O)OCC1OC(Oc2cc(-c3oc4cc(O)cc(O)c4c(=O)c3O)ccc2O)C(O)C(O)C1O. The largest absolute Gasteiger partial charge is 0.508 e. The van der Waals surface area contributed by atoms with Crippen LogP contribution in [-0.4, -0.2) is 79.0 Å². The Bertz CT molecular complexity index is 1360. The Hall–Kier alpha value is -4.04. The topological polar surface area (TPSA) is 217 Å². The van der Waals surface area contributed by atoms with E-state index < -0.39 is 77.5 Å². The molecular weight excluding hydrogens is 484 g/mol. The summed E-state index contributed by atoms with van der Waals surface area (Å²) in [5, 5.41) is 70.5. The van der Waals surface area contributed by atoms with Gasteiger partial charge in [0, 0.05) is 24.6 Å². The first-order valence-electron chi connectivity index (χ1n) is 10.5. The molecule has 0 bridgehead atoms. The fourth-order valence-corrected chi connectivity index (χ4v) is 3.70. The molecule has 5 unspecified atom stereocenters. The lowest BCUT2D eigenvalue weighted by Crippen LogP contribution is -2.60.